The van der Waals surface area contributed by atoms with Gasteiger partial charge in [-0.1, -0.05) is 18.2 Å². The van der Waals surface area contributed by atoms with Gasteiger partial charge in [-0.25, -0.2) is 9.37 Å². The molecular weight excluding hydrogens is 291 g/mol. The topological polar surface area (TPSA) is 25.4 Å². The van der Waals surface area contributed by atoms with Gasteiger partial charge in [0.15, 0.2) is 0 Å². The zero-order chi connectivity index (χ0) is 15.8. The minimum Gasteiger partial charge on any atom is -0.472 e. The quantitative estimate of drug-likeness (QED) is 0.863. The van der Waals surface area contributed by atoms with Crippen molar-refractivity contribution in [2.24, 2.45) is 5.92 Å². The lowest BCUT2D eigenvalue weighted by Gasteiger charge is -2.49. The molecule has 2 unspecified atom stereocenters. The van der Waals surface area contributed by atoms with Crippen molar-refractivity contribution in [2.75, 3.05) is 13.1 Å². The molecule has 3 saturated heterocycles. The molecule has 0 radical (unpaired) electrons. The summed E-state index contributed by atoms with van der Waals surface area (Å²) in [5, 5.41) is 0. The summed E-state index contributed by atoms with van der Waals surface area (Å²) in [4.78, 5) is 6.90. The molecule has 2 atom stereocenters. The normalized spacial score (nSPS) is 29.5. The van der Waals surface area contributed by atoms with Gasteiger partial charge in [0.05, 0.1) is 0 Å². The van der Waals surface area contributed by atoms with Crippen LogP contribution in [-0.2, 0) is 0 Å². The number of ether oxygens (including phenoxy) is 1. The highest BCUT2D eigenvalue weighted by Gasteiger charge is 2.41. The Morgan fingerprint density at radius 3 is 2.57 bits per heavy atom. The second-order valence-electron chi connectivity index (χ2n) is 6.56. The highest BCUT2D eigenvalue weighted by molar-refractivity contribution is 5.63. The van der Waals surface area contributed by atoms with Crippen molar-refractivity contribution in [3.63, 3.8) is 0 Å². The van der Waals surface area contributed by atoms with E-state index in [1.54, 1.807) is 18.3 Å². The molecule has 3 fully saturated rings. The molecule has 2 aromatic rings. The van der Waals surface area contributed by atoms with E-state index in [0.717, 1.165) is 5.56 Å². The first-order valence-corrected chi connectivity index (χ1v) is 8.34. The summed E-state index contributed by atoms with van der Waals surface area (Å²) in [6, 6.07) is 10.9. The zero-order valence-electron chi connectivity index (χ0n) is 13.3. The molecule has 1 aromatic heterocycles. The Balaban J connectivity index is 1.52. The van der Waals surface area contributed by atoms with Crippen molar-refractivity contribution in [1.29, 1.82) is 0 Å². The van der Waals surface area contributed by atoms with E-state index >= 15 is 0 Å². The van der Waals surface area contributed by atoms with Crippen molar-refractivity contribution in [2.45, 2.75) is 31.9 Å². The number of fused-ring (bicyclic) bond motifs is 3. The average molecular weight is 312 g/mol. The van der Waals surface area contributed by atoms with Crippen LogP contribution in [0.4, 0.5) is 4.39 Å². The van der Waals surface area contributed by atoms with E-state index in [0.29, 0.717) is 23.4 Å². The molecule has 3 aliphatic rings. The summed E-state index contributed by atoms with van der Waals surface area (Å²) in [6.07, 6.45) is 4.33. The fourth-order valence-electron chi connectivity index (χ4n) is 3.90. The Bertz CT molecular complexity index is 678. The van der Waals surface area contributed by atoms with Gasteiger partial charge in [-0.15, -0.1) is 0 Å². The van der Waals surface area contributed by atoms with Gasteiger partial charge < -0.3 is 4.74 Å². The van der Waals surface area contributed by atoms with Crippen LogP contribution in [0.3, 0.4) is 0 Å². The predicted molar refractivity (Wildman–Crippen MR) is 87.8 cm³/mol. The van der Waals surface area contributed by atoms with Crippen molar-refractivity contribution in [1.82, 2.24) is 9.88 Å². The van der Waals surface area contributed by atoms with Gasteiger partial charge in [0.2, 0.25) is 5.88 Å². The van der Waals surface area contributed by atoms with Gasteiger partial charge in [0, 0.05) is 29.4 Å². The highest BCUT2D eigenvalue weighted by Crippen LogP contribution is 2.34. The van der Waals surface area contributed by atoms with Crippen LogP contribution in [0.2, 0.25) is 0 Å². The fraction of sp³-hybridized carbons (Fsp3) is 0.421. The van der Waals surface area contributed by atoms with Crippen LogP contribution < -0.4 is 4.74 Å². The monoisotopic (exact) mass is 312 g/mol. The van der Waals surface area contributed by atoms with Gasteiger partial charge in [-0.3, -0.25) is 4.90 Å². The maximum Gasteiger partial charge on any atom is 0.213 e. The third-order valence-corrected chi connectivity index (χ3v) is 5.27. The molecule has 2 bridgehead atoms. The van der Waals surface area contributed by atoms with Gasteiger partial charge >= 0.3 is 0 Å². The van der Waals surface area contributed by atoms with E-state index in [9.17, 15) is 4.39 Å². The van der Waals surface area contributed by atoms with E-state index < -0.39 is 0 Å². The van der Waals surface area contributed by atoms with E-state index in [1.807, 2.05) is 18.2 Å². The van der Waals surface area contributed by atoms with Gasteiger partial charge in [-0.05, 0) is 50.9 Å². The number of aromatic nitrogens is 1. The van der Waals surface area contributed by atoms with Crippen LogP contribution in [0.15, 0.2) is 42.6 Å². The van der Waals surface area contributed by atoms with Gasteiger partial charge in [-0.2, -0.15) is 0 Å². The molecule has 0 spiro atoms. The smallest absolute Gasteiger partial charge is 0.213 e. The van der Waals surface area contributed by atoms with E-state index in [-0.39, 0.29) is 11.9 Å². The minimum atomic E-state index is -0.228. The third-order valence-electron chi connectivity index (χ3n) is 5.27. The maximum atomic E-state index is 13.8. The second-order valence-corrected chi connectivity index (χ2v) is 6.56. The highest BCUT2D eigenvalue weighted by atomic mass is 19.1. The van der Waals surface area contributed by atoms with Crippen molar-refractivity contribution in [3.05, 3.63) is 48.4 Å². The molecule has 0 aliphatic carbocycles. The Labute approximate surface area is 136 Å². The Kier molecular flexibility index (Phi) is 3.77. The first-order chi connectivity index (χ1) is 11.2. The molecule has 23 heavy (non-hydrogen) atoms. The number of hydrogen-bond acceptors (Lipinski definition) is 3. The van der Waals surface area contributed by atoms with Crippen molar-refractivity contribution in [3.8, 4) is 17.0 Å². The number of benzene rings is 1. The Hall–Kier alpha value is -1.94. The number of piperidine rings is 3. The summed E-state index contributed by atoms with van der Waals surface area (Å²) >= 11 is 0. The number of pyridine rings is 1. The van der Waals surface area contributed by atoms with Gasteiger partial charge in [0.1, 0.15) is 11.9 Å². The molecule has 4 heterocycles. The molecular formula is C19H21FN2O. The lowest BCUT2D eigenvalue weighted by atomic mass is 9.81. The number of rotatable bonds is 3. The van der Waals surface area contributed by atoms with Crippen LogP contribution in [0.5, 0.6) is 5.88 Å². The number of halogens is 1. The Morgan fingerprint density at radius 2 is 1.91 bits per heavy atom. The molecule has 0 saturated carbocycles. The van der Waals surface area contributed by atoms with Gasteiger partial charge in [0.25, 0.3) is 0 Å². The average Bonchev–Trinajstić information content (AvgIpc) is 2.60. The van der Waals surface area contributed by atoms with Crippen LogP contribution in [-0.4, -0.2) is 35.1 Å². The van der Waals surface area contributed by atoms with E-state index in [1.165, 1.54) is 32.0 Å². The largest absolute Gasteiger partial charge is 0.472 e. The summed E-state index contributed by atoms with van der Waals surface area (Å²) < 4.78 is 20.0. The molecule has 5 rings (SSSR count). The molecule has 3 nitrogen and oxygen atoms in total. The number of nitrogens with zero attached hydrogens (tertiary/aromatic N) is 2. The van der Waals surface area contributed by atoms with Crippen LogP contribution in [0, 0.1) is 11.7 Å². The first kappa shape index (κ1) is 14.6. The number of hydrogen-bond donors (Lipinski definition) is 0. The molecule has 0 amide bonds. The van der Waals surface area contributed by atoms with Crippen LogP contribution in [0.1, 0.15) is 19.8 Å². The summed E-state index contributed by atoms with van der Waals surface area (Å²) in [5.41, 5.74) is 1.35. The van der Waals surface area contributed by atoms with E-state index in [2.05, 4.69) is 16.8 Å². The summed E-state index contributed by atoms with van der Waals surface area (Å²) in [6.45, 7) is 4.61. The van der Waals surface area contributed by atoms with Crippen molar-refractivity contribution < 1.29 is 9.13 Å². The van der Waals surface area contributed by atoms with E-state index in [4.69, 9.17) is 4.74 Å². The lowest BCUT2D eigenvalue weighted by Crippen LogP contribution is -2.58. The predicted octanol–water partition coefficient (Wildman–Crippen LogP) is 3.75. The summed E-state index contributed by atoms with van der Waals surface area (Å²) in [7, 11) is 0. The molecule has 1 aromatic carbocycles. The fourth-order valence-corrected chi connectivity index (χ4v) is 3.90. The SMILES string of the molecule is CC1C(Oc2ccc(-c3ccccc3F)cn2)C2CCN1CC2. The lowest BCUT2D eigenvalue weighted by molar-refractivity contribution is -0.0525. The molecule has 4 heteroatoms. The Morgan fingerprint density at radius 1 is 1.13 bits per heavy atom. The third kappa shape index (κ3) is 2.72. The molecule has 0 N–H and O–H groups in total. The first-order valence-electron chi connectivity index (χ1n) is 8.34. The summed E-state index contributed by atoms with van der Waals surface area (Å²) in [5.74, 6) is 1.03. The van der Waals surface area contributed by atoms with Crippen LogP contribution >= 0.6 is 0 Å². The molecule has 120 valence electrons. The maximum absolute atomic E-state index is 13.8. The molecule has 3 aliphatic heterocycles. The van der Waals surface area contributed by atoms with Crippen molar-refractivity contribution >= 4 is 0 Å². The zero-order valence-corrected chi connectivity index (χ0v) is 13.3. The minimum absolute atomic E-state index is 0.212. The standard InChI is InChI=1S/C19H21FN2O/c1-13-19(14-8-10-22(13)11-9-14)23-18-7-6-15(12-21-18)16-4-2-3-5-17(16)20/h2-7,12-14,19H,8-11H2,1H3. The van der Waals surface area contributed by atoms with Crippen LogP contribution in [0.25, 0.3) is 11.1 Å². The second kappa shape index (κ2) is 5.93.